The van der Waals surface area contributed by atoms with Gasteiger partial charge in [0.1, 0.15) is 5.75 Å². The summed E-state index contributed by atoms with van der Waals surface area (Å²) in [6.45, 7) is 1.34. The molecular formula is C12H10F3NO3. The molecule has 102 valence electrons. The first-order valence-corrected chi connectivity index (χ1v) is 5.15. The highest BCUT2D eigenvalue weighted by Crippen LogP contribution is 2.34. The molecule has 0 aliphatic heterocycles. The Kier molecular flexibility index (Phi) is 4.38. The molecule has 0 radical (unpaired) electrons. The van der Waals surface area contributed by atoms with E-state index in [1.807, 2.05) is 0 Å². The van der Waals surface area contributed by atoms with Crippen LogP contribution in [-0.4, -0.2) is 19.2 Å². The summed E-state index contributed by atoms with van der Waals surface area (Å²) in [7, 11) is 1.14. The molecule has 0 aliphatic rings. The standard InChI is InChI=1S/C12H10F3NO3/c1-7(11(17)18-2)19-9-4-3-8(6-16)10(5-9)12(13,14)15/h3-5,7H,1-2H3. The first-order valence-electron chi connectivity index (χ1n) is 5.15. The van der Waals surface area contributed by atoms with E-state index in [2.05, 4.69) is 4.74 Å². The van der Waals surface area contributed by atoms with Crippen LogP contribution in [-0.2, 0) is 15.7 Å². The van der Waals surface area contributed by atoms with Gasteiger partial charge >= 0.3 is 12.1 Å². The summed E-state index contributed by atoms with van der Waals surface area (Å²) in [5.41, 5.74) is -1.62. The van der Waals surface area contributed by atoms with Crippen molar-refractivity contribution in [3.05, 3.63) is 29.3 Å². The molecular weight excluding hydrogens is 263 g/mol. The summed E-state index contributed by atoms with van der Waals surface area (Å²) in [4.78, 5) is 11.1. The highest BCUT2D eigenvalue weighted by atomic mass is 19.4. The Balaban J connectivity index is 3.07. The molecule has 1 atom stereocenters. The fourth-order valence-corrected chi connectivity index (χ4v) is 1.35. The van der Waals surface area contributed by atoms with Gasteiger partial charge in [0.05, 0.1) is 24.3 Å². The van der Waals surface area contributed by atoms with Gasteiger partial charge in [0.25, 0.3) is 0 Å². The summed E-state index contributed by atoms with van der Waals surface area (Å²) < 4.78 is 47.4. The number of benzene rings is 1. The summed E-state index contributed by atoms with van der Waals surface area (Å²) >= 11 is 0. The van der Waals surface area contributed by atoms with Crippen molar-refractivity contribution < 1.29 is 27.4 Å². The van der Waals surface area contributed by atoms with E-state index in [0.29, 0.717) is 6.07 Å². The lowest BCUT2D eigenvalue weighted by atomic mass is 10.1. The second-order valence-electron chi connectivity index (χ2n) is 3.60. The fourth-order valence-electron chi connectivity index (χ4n) is 1.35. The third kappa shape index (κ3) is 3.61. The van der Waals surface area contributed by atoms with E-state index in [-0.39, 0.29) is 5.75 Å². The number of nitriles is 1. The van der Waals surface area contributed by atoms with E-state index >= 15 is 0 Å². The minimum Gasteiger partial charge on any atom is -0.479 e. The largest absolute Gasteiger partial charge is 0.479 e. The van der Waals surface area contributed by atoms with Crippen LogP contribution in [0.1, 0.15) is 18.1 Å². The summed E-state index contributed by atoms with van der Waals surface area (Å²) in [5, 5.41) is 8.62. The van der Waals surface area contributed by atoms with E-state index in [1.54, 1.807) is 0 Å². The molecule has 0 spiro atoms. The minimum atomic E-state index is -4.67. The van der Waals surface area contributed by atoms with Gasteiger partial charge in [-0.05, 0) is 25.1 Å². The predicted octanol–water partition coefficient (Wildman–Crippen LogP) is 2.52. The molecule has 0 saturated carbocycles. The number of nitrogens with zero attached hydrogens (tertiary/aromatic N) is 1. The van der Waals surface area contributed by atoms with Gasteiger partial charge in [-0.2, -0.15) is 18.4 Å². The zero-order valence-electron chi connectivity index (χ0n) is 10.1. The summed E-state index contributed by atoms with van der Waals surface area (Å²) in [6, 6.07) is 4.30. The molecule has 1 unspecified atom stereocenters. The third-order valence-electron chi connectivity index (χ3n) is 2.26. The average molecular weight is 273 g/mol. The number of ether oxygens (including phenoxy) is 2. The normalized spacial score (nSPS) is 12.4. The second-order valence-corrected chi connectivity index (χ2v) is 3.60. The molecule has 0 heterocycles. The number of esters is 1. The van der Waals surface area contributed by atoms with Crippen molar-refractivity contribution in [2.24, 2.45) is 0 Å². The number of halogens is 3. The Morgan fingerprint density at radius 3 is 2.53 bits per heavy atom. The van der Waals surface area contributed by atoms with E-state index in [0.717, 1.165) is 13.2 Å². The van der Waals surface area contributed by atoms with E-state index in [9.17, 15) is 18.0 Å². The van der Waals surface area contributed by atoms with Crippen molar-refractivity contribution in [3.63, 3.8) is 0 Å². The Labute approximate surface area is 107 Å². The number of hydrogen-bond donors (Lipinski definition) is 0. The molecule has 0 aromatic heterocycles. The Morgan fingerprint density at radius 2 is 2.05 bits per heavy atom. The predicted molar refractivity (Wildman–Crippen MR) is 58.3 cm³/mol. The number of alkyl halides is 3. The molecule has 1 aromatic carbocycles. The number of carbonyl (C=O) groups is 1. The summed E-state index contributed by atoms with van der Waals surface area (Å²) in [6.07, 6.45) is -5.71. The molecule has 0 N–H and O–H groups in total. The molecule has 7 heteroatoms. The maximum atomic E-state index is 12.7. The number of carbonyl (C=O) groups excluding carboxylic acids is 1. The summed E-state index contributed by atoms with van der Waals surface area (Å²) in [5.74, 6) is -0.873. The topological polar surface area (TPSA) is 59.3 Å². The first kappa shape index (κ1) is 14.8. The Morgan fingerprint density at radius 1 is 1.42 bits per heavy atom. The molecule has 0 aliphatic carbocycles. The molecule has 1 rings (SSSR count). The van der Waals surface area contributed by atoms with Gasteiger partial charge < -0.3 is 9.47 Å². The van der Waals surface area contributed by atoms with Gasteiger partial charge in [0.15, 0.2) is 6.10 Å². The highest BCUT2D eigenvalue weighted by Gasteiger charge is 2.34. The van der Waals surface area contributed by atoms with Crippen molar-refractivity contribution in [3.8, 4) is 11.8 Å². The quantitative estimate of drug-likeness (QED) is 0.794. The first-order chi connectivity index (χ1) is 8.79. The van der Waals surface area contributed by atoms with Crippen LogP contribution >= 0.6 is 0 Å². The van der Waals surface area contributed by atoms with Gasteiger partial charge in [-0.3, -0.25) is 0 Å². The van der Waals surface area contributed by atoms with Gasteiger partial charge in [0.2, 0.25) is 0 Å². The zero-order chi connectivity index (χ0) is 14.6. The monoisotopic (exact) mass is 273 g/mol. The Hall–Kier alpha value is -2.23. The van der Waals surface area contributed by atoms with Crippen LogP contribution in [0.3, 0.4) is 0 Å². The van der Waals surface area contributed by atoms with Crippen molar-refractivity contribution in [2.75, 3.05) is 7.11 Å². The van der Waals surface area contributed by atoms with Crippen LogP contribution in [0.15, 0.2) is 18.2 Å². The molecule has 0 amide bonds. The maximum absolute atomic E-state index is 12.7. The van der Waals surface area contributed by atoms with E-state index < -0.39 is 29.4 Å². The van der Waals surface area contributed by atoms with Crippen molar-refractivity contribution in [1.82, 2.24) is 0 Å². The van der Waals surface area contributed by atoms with Gasteiger partial charge in [-0.15, -0.1) is 0 Å². The lowest BCUT2D eigenvalue weighted by molar-refractivity contribution is -0.147. The molecule has 0 saturated heterocycles. The lowest BCUT2D eigenvalue weighted by Crippen LogP contribution is -2.25. The van der Waals surface area contributed by atoms with Gasteiger partial charge in [0, 0.05) is 0 Å². The highest BCUT2D eigenvalue weighted by molar-refractivity contribution is 5.74. The number of methoxy groups -OCH3 is 1. The van der Waals surface area contributed by atoms with Crippen molar-refractivity contribution in [2.45, 2.75) is 19.2 Å². The molecule has 0 fully saturated rings. The molecule has 19 heavy (non-hydrogen) atoms. The van der Waals surface area contributed by atoms with Crippen LogP contribution < -0.4 is 4.74 Å². The van der Waals surface area contributed by atoms with Gasteiger partial charge in [-0.25, -0.2) is 4.79 Å². The second kappa shape index (κ2) is 5.61. The third-order valence-corrected chi connectivity index (χ3v) is 2.26. The van der Waals surface area contributed by atoms with Crippen molar-refractivity contribution in [1.29, 1.82) is 5.26 Å². The minimum absolute atomic E-state index is 0.163. The van der Waals surface area contributed by atoms with Crippen LogP contribution in [0.25, 0.3) is 0 Å². The van der Waals surface area contributed by atoms with Crippen LogP contribution in [0.2, 0.25) is 0 Å². The van der Waals surface area contributed by atoms with Gasteiger partial charge in [-0.1, -0.05) is 0 Å². The van der Waals surface area contributed by atoms with Crippen LogP contribution in [0, 0.1) is 11.3 Å². The fraction of sp³-hybridized carbons (Fsp3) is 0.333. The number of rotatable bonds is 3. The van der Waals surface area contributed by atoms with Crippen LogP contribution in [0.5, 0.6) is 5.75 Å². The van der Waals surface area contributed by atoms with Crippen molar-refractivity contribution >= 4 is 5.97 Å². The van der Waals surface area contributed by atoms with Crippen LogP contribution in [0.4, 0.5) is 13.2 Å². The lowest BCUT2D eigenvalue weighted by Gasteiger charge is -2.15. The Bertz CT molecular complexity index is 520. The molecule has 4 nitrogen and oxygen atoms in total. The SMILES string of the molecule is COC(=O)C(C)Oc1ccc(C#N)c(C(F)(F)F)c1. The smallest absolute Gasteiger partial charge is 0.417 e. The van der Waals surface area contributed by atoms with E-state index in [1.165, 1.54) is 19.1 Å². The molecule has 0 bridgehead atoms. The molecule has 1 aromatic rings. The number of hydrogen-bond acceptors (Lipinski definition) is 4. The maximum Gasteiger partial charge on any atom is 0.417 e. The van der Waals surface area contributed by atoms with E-state index in [4.69, 9.17) is 10.00 Å². The average Bonchev–Trinajstić information content (AvgIpc) is 2.36. The zero-order valence-corrected chi connectivity index (χ0v) is 10.1.